The molecule has 2 N–H and O–H groups in total. The summed E-state index contributed by atoms with van der Waals surface area (Å²) in [6, 6.07) is 12.7. The lowest BCUT2D eigenvalue weighted by molar-refractivity contribution is -0.127. The number of likely N-dealkylation sites (N-methyl/N-ethyl adjacent to an activating group) is 1. The molecule has 1 aliphatic carbocycles. The first-order chi connectivity index (χ1) is 14.0. The summed E-state index contributed by atoms with van der Waals surface area (Å²) in [5.41, 5.74) is 1.11. The van der Waals surface area contributed by atoms with Gasteiger partial charge in [-0.15, -0.1) is 0 Å². The van der Waals surface area contributed by atoms with Gasteiger partial charge in [-0.3, -0.25) is 14.5 Å². The molecule has 29 heavy (non-hydrogen) atoms. The predicted molar refractivity (Wildman–Crippen MR) is 109 cm³/mol. The van der Waals surface area contributed by atoms with Gasteiger partial charge >= 0.3 is 0 Å². The Morgan fingerprint density at radius 2 is 1.97 bits per heavy atom. The Labute approximate surface area is 167 Å². The van der Waals surface area contributed by atoms with Gasteiger partial charge in [0.05, 0.1) is 17.4 Å². The normalized spacial score (nSPS) is 14.9. The van der Waals surface area contributed by atoms with Gasteiger partial charge in [0.2, 0.25) is 5.91 Å². The molecule has 0 spiro atoms. The van der Waals surface area contributed by atoms with Crippen LogP contribution >= 0.6 is 0 Å². The van der Waals surface area contributed by atoms with Crippen LogP contribution in [-0.4, -0.2) is 33.4 Å². The summed E-state index contributed by atoms with van der Waals surface area (Å²) >= 11 is 0. The van der Waals surface area contributed by atoms with Crippen LogP contribution in [0.5, 0.6) is 0 Å². The average molecular weight is 394 g/mol. The summed E-state index contributed by atoms with van der Waals surface area (Å²) < 4.78 is 13.4. The minimum Gasteiger partial charge on any atom is -0.352 e. The van der Waals surface area contributed by atoms with Gasteiger partial charge in [0.1, 0.15) is 17.7 Å². The van der Waals surface area contributed by atoms with E-state index < -0.39 is 6.04 Å². The van der Waals surface area contributed by atoms with Gasteiger partial charge in [0.25, 0.3) is 5.56 Å². The quantitative estimate of drug-likeness (QED) is 0.646. The molecule has 7 heteroatoms. The van der Waals surface area contributed by atoms with Crippen LogP contribution in [0.1, 0.15) is 37.2 Å². The zero-order chi connectivity index (χ0) is 20.4. The molecular formula is C22H23FN4O2. The number of carbonyl (C=O) groups excluding carboxylic acids is 1. The van der Waals surface area contributed by atoms with Gasteiger partial charge in [0.15, 0.2) is 0 Å². The number of H-pyrrole nitrogens is 1. The van der Waals surface area contributed by atoms with E-state index in [1.807, 2.05) is 17.9 Å². The first-order valence-electron chi connectivity index (χ1n) is 9.83. The highest BCUT2D eigenvalue weighted by Crippen LogP contribution is 2.26. The SMILES string of the molecule is CCN(Cc1nc2ccccc2c(=O)[nH]1)C(C(=O)NC1CC1)c1ccc(F)cc1. The van der Waals surface area contributed by atoms with Crippen LogP contribution in [0.15, 0.2) is 53.3 Å². The number of fused-ring (bicyclic) bond motifs is 1. The molecule has 4 rings (SSSR count). The Bertz CT molecular complexity index is 1080. The average Bonchev–Trinajstić information content (AvgIpc) is 3.53. The minimum absolute atomic E-state index is 0.121. The van der Waals surface area contributed by atoms with Crippen molar-refractivity contribution in [3.05, 3.63) is 76.1 Å². The molecule has 0 saturated heterocycles. The van der Waals surface area contributed by atoms with E-state index in [4.69, 9.17) is 0 Å². The summed E-state index contributed by atoms with van der Waals surface area (Å²) in [7, 11) is 0. The van der Waals surface area contributed by atoms with Gasteiger partial charge in [0, 0.05) is 6.04 Å². The van der Waals surface area contributed by atoms with Crippen molar-refractivity contribution < 1.29 is 9.18 Å². The summed E-state index contributed by atoms with van der Waals surface area (Å²) in [4.78, 5) is 34.7. The highest BCUT2D eigenvalue weighted by Gasteiger charge is 2.32. The standard InChI is InChI=1S/C22H23FN4O2/c1-2-27(13-19-25-18-6-4-3-5-17(18)21(28)26-19)20(22(29)24-16-11-12-16)14-7-9-15(23)10-8-14/h3-10,16,20H,2,11-13H2,1H3,(H,24,29)(H,25,26,28). The van der Waals surface area contributed by atoms with E-state index >= 15 is 0 Å². The number of para-hydroxylation sites is 1. The van der Waals surface area contributed by atoms with Crippen LogP contribution in [0.25, 0.3) is 10.9 Å². The molecule has 1 aromatic heterocycles. The molecule has 1 heterocycles. The van der Waals surface area contributed by atoms with Crippen LogP contribution in [0.3, 0.4) is 0 Å². The monoisotopic (exact) mass is 394 g/mol. The largest absolute Gasteiger partial charge is 0.352 e. The third-order valence-electron chi connectivity index (χ3n) is 5.14. The number of hydrogen-bond acceptors (Lipinski definition) is 4. The minimum atomic E-state index is -0.599. The zero-order valence-electron chi connectivity index (χ0n) is 16.2. The van der Waals surface area contributed by atoms with Crippen molar-refractivity contribution in [3.8, 4) is 0 Å². The van der Waals surface area contributed by atoms with E-state index in [2.05, 4.69) is 15.3 Å². The van der Waals surface area contributed by atoms with Crippen LogP contribution in [0.4, 0.5) is 4.39 Å². The van der Waals surface area contributed by atoms with Crippen LogP contribution in [-0.2, 0) is 11.3 Å². The maximum Gasteiger partial charge on any atom is 0.258 e. The van der Waals surface area contributed by atoms with Crippen molar-refractivity contribution >= 4 is 16.8 Å². The number of nitrogens with one attached hydrogen (secondary N) is 2. The van der Waals surface area contributed by atoms with E-state index in [1.165, 1.54) is 12.1 Å². The second-order valence-corrected chi connectivity index (χ2v) is 7.33. The van der Waals surface area contributed by atoms with Crippen LogP contribution < -0.4 is 10.9 Å². The molecule has 1 fully saturated rings. The van der Waals surface area contributed by atoms with Crippen LogP contribution in [0.2, 0.25) is 0 Å². The Kier molecular flexibility index (Phi) is 5.40. The van der Waals surface area contributed by atoms with E-state index in [9.17, 15) is 14.0 Å². The lowest BCUT2D eigenvalue weighted by Crippen LogP contribution is -2.41. The fraction of sp³-hybridized carbons (Fsp3) is 0.318. The predicted octanol–water partition coefficient (Wildman–Crippen LogP) is 2.90. The number of benzene rings is 2. The molecule has 1 atom stereocenters. The van der Waals surface area contributed by atoms with Crippen LogP contribution in [0, 0.1) is 5.82 Å². The first kappa shape index (κ1) is 19.3. The van der Waals surface area contributed by atoms with E-state index in [1.54, 1.807) is 30.3 Å². The number of nitrogens with zero attached hydrogens (tertiary/aromatic N) is 2. The summed E-state index contributed by atoms with van der Waals surface area (Å²) in [6.07, 6.45) is 1.96. The number of amides is 1. The third-order valence-corrected chi connectivity index (χ3v) is 5.14. The van der Waals surface area contributed by atoms with Gasteiger partial charge < -0.3 is 10.3 Å². The van der Waals surface area contributed by atoms with Crippen molar-refractivity contribution in [1.82, 2.24) is 20.2 Å². The second-order valence-electron chi connectivity index (χ2n) is 7.33. The Morgan fingerprint density at radius 3 is 2.66 bits per heavy atom. The highest BCUT2D eigenvalue weighted by molar-refractivity contribution is 5.83. The molecular weight excluding hydrogens is 371 g/mol. The lowest BCUT2D eigenvalue weighted by Gasteiger charge is -2.30. The number of carbonyl (C=O) groups is 1. The van der Waals surface area contributed by atoms with Gasteiger partial charge in [-0.1, -0.05) is 31.2 Å². The smallest absolute Gasteiger partial charge is 0.258 e. The molecule has 2 aromatic carbocycles. The molecule has 1 saturated carbocycles. The molecule has 0 radical (unpaired) electrons. The third kappa shape index (κ3) is 4.35. The number of hydrogen-bond donors (Lipinski definition) is 2. The van der Waals surface area contributed by atoms with E-state index in [0.717, 1.165) is 12.8 Å². The van der Waals surface area contributed by atoms with Crippen molar-refractivity contribution in [2.24, 2.45) is 0 Å². The van der Waals surface area contributed by atoms with Gasteiger partial charge in [-0.25, -0.2) is 9.37 Å². The fourth-order valence-corrected chi connectivity index (χ4v) is 3.47. The topological polar surface area (TPSA) is 78.1 Å². The van der Waals surface area contributed by atoms with E-state index in [-0.39, 0.29) is 29.9 Å². The molecule has 0 aliphatic heterocycles. The van der Waals surface area contributed by atoms with Gasteiger partial charge in [-0.2, -0.15) is 0 Å². The fourth-order valence-electron chi connectivity index (χ4n) is 3.47. The molecule has 0 bridgehead atoms. The molecule has 3 aromatic rings. The van der Waals surface area contributed by atoms with Crippen molar-refractivity contribution in [2.45, 2.75) is 38.4 Å². The zero-order valence-corrected chi connectivity index (χ0v) is 16.2. The Balaban J connectivity index is 1.66. The maximum atomic E-state index is 13.4. The van der Waals surface area contributed by atoms with E-state index in [0.29, 0.717) is 28.8 Å². The molecule has 6 nitrogen and oxygen atoms in total. The number of aromatic nitrogens is 2. The number of aromatic amines is 1. The molecule has 150 valence electrons. The summed E-state index contributed by atoms with van der Waals surface area (Å²) in [5, 5.41) is 3.57. The maximum absolute atomic E-state index is 13.4. The number of halogens is 1. The second kappa shape index (κ2) is 8.13. The Hall–Kier alpha value is -3.06. The van der Waals surface area contributed by atoms with Crippen molar-refractivity contribution in [3.63, 3.8) is 0 Å². The summed E-state index contributed by atoms with van der Waals surface area (Å²) in [5.74, 6) is 0.0182. The molecule has 1 aliphatic rings. The van der Waals surface area contributed by atoms with Gasteiger partial charge in [-0.05, 0) is 49.2 Å². The first-order valence-corrected chi connectivity index (χ1v) is 9.83. The highest BCUT2D eigenvalue weighted by atomic mass is 19.1. The van der Waals surface area contributed by atoms with Crippen molar-refractivity contribution in [2.75, 3.05) is 6.54 Å². The number of rotatable bonds is 7. The summed E-state index contributed by atoms with van der Waals surface area (Å²) in [6.45, 7) is 2.79. The molecule has 1 amide bonds. The lowest BCUT2D eigenvalue weighted by atomic mass is 10.0. The van der Waals surface area contributed by atoms with Crippen molar-refractivity contribution in [1.29, 1.82) is 0 Å². The molecule has 1 unspecified atom stereocenters. The Morgan fingerprint density at radius 1 is 1.24 bits per heavy atom.